The molecular weight excluding hydrogens is 408 g/mol. The summed E-state index contributed by atoms with van der Waals surface area (Å²) in [5, 5.41) is 16.9. The summed E-state index contributed by atoms with van der Waals surface area (Å²) < 4.78 is 22.7. The minimum absolute atomic E-state index is 0.0173. The fourth-order valence-corrected chi connectivity index (χ4v) is 3.69. The Morgan fingerprint density at radius 3 is 1.32 bits per heavy atom. The van der Waals surface area contributed by atoms with E-state index in [0.717, 1.165) is 23.4 Å². The second-order valence-corrected chi connectivity index (χ2v) is 9.56. The molecule has 0 unspecified atom stereocenters. The van der Waals surface area contributed by atoms with E-state index in [-0.39, 0.29) is 5.75 Å². The van der Waals surface area contributed by atoms with E-state index in [1.54, 1.807) is 24.3 Å². The Morgan fingerprint density at radius 2 is 0.968 bits per heavy atom. The van der Waals surface area contributed by atoms with E-state index >= 15 is 0 Å². The maximum Gasteiger partial charge on any atom is 0.151 e. The highest BCUT2D eigenvalue weighted by molar-refractivity contribution is 7.89. The Bertz CT molecular complexity index is 1140. The van der Waals surface area contributed by atoms with Crippen molar-refractivity contribution in [3.8, 4) is 0 Å². The van der Waals surface area contributed by atoms with Crippen LogP contribution in [0, 0.1) is 0 Å². The molecule has 0 atom stereocenters. The lowest BCUT2D eigenvalue weighted by Gasteiger charge is -2.00. The highest BCUT2D eigenvalue weighted by Gasteiger charge is 2.04. The van der Waals surface area contributed by atoms with Crippen LogP contribution in [0.5, 0.6) is 0 Å². The molecule has 0 aliphatic carbocycles. The van der Waals surface area contributed by atoms with Crippen molar-refractivity contribution in [3.63, 3.8) is 0 Å². The molecular formula is C24H26N4O2S. The number of azo groups is 2. The van der Waals surface area contributed by atoms with Gasteiger partial charge in [-0.15, -0.1) is 0 Å². The van der Waals surface area contributed by atoms with Crippen LogP contribution in [0.3, 0.4) is 0 Å². The zero-order valence-electron chi connectivity index (χ0n) is 17.8. The van der Waals surface area contributed by atoms with Gasteiger partial charge in [0.1, 0.15) is 0 Å². The topological polar surface area (TPSA) is 83.6 Å². The van der Waals surface area contributed by atoms with Crippen LogP contribution in [-0.2, 0) is 22.0 Å². The molecule has 0 saturated heterocycles. The van der Waals surface area contributed by atoms with Crippen LogP contribution in [0.15, 0.2) is 93.3 Å². The summed E-state index contributed by atoms with van der Waals surface area (Å²) in [5.74, 6) is 0.0173. The lowest BCUT2D eigenvalue weighted by Crippen LogP contribution is -1.99. The van der Waals surface area contributed by atoms with E-state index in [1.165, 1.54) is 24.7 Å². The molecule has 0 aliphatic heterocycles. The van der Waals surface area contributed by atoms with Gasteiger partial charge in [-0.05, 0) is 72.5 Å². The van der Waals surface area contributed by atoms with Gasteiger partial charge in [-0.3, -0.25) is 0 Å². The summed E-state index contributed by atoms with van der Waals surface area (Å²) in [4.78, 5) is 0. The second kappa shape index (κ2) is 10.7. The molecule has 0 aromatic heterocycles. The van der Waals surface area contributed by atoms with Gasteiger partial charge < -0.3 is 0 Å². The van der Waals surface area contributed by atoms with Gasteiger partial charge >= 0.3 is 0 Å². The summed E-state index contributed by atoms with van der Waals surface area (Å²) >= 11 is 0. The average Bonchev–Trinajstić information content (AvgIpc) is 2.76. The Balaban J connectivity index is 1.57. The third-order valence-electron chi connectivity index (χ3n) is 4.53. The number of rotatable bonds is 9. The zero-order valence-corrected chi connectivity index (χ0v) is 18.6. The minimum Gasteiger partial charge on any atom is -0.229 e. The van der Waals surface area contributed by atoms with E-state index in [4.69, 9.17) is 0 Å². The summed E-state index contributed by atoms with van der Waals surface area (Å²) in [5.41, 5.74) is 4.96. The third kappa shape index (κ3) is 7.86. The third-order valence-corrected chi connectivity index (χ3v) is 5.39. The van der Waals surface area contributed by atoms with Crippen molar-refractivity contribution in [2.75, 3.05) is 6.26 Å². The molecule has 0 fully saturated rings. The molecule has 3 aromatic rings. The van der Waals surface area contributed by atoms with Crippen LogP contribution < -0.4 is 0 Å². The lowest BCUT2D eigenvalue weighted by atomic mass is 10.1. The number of unbranched alkanes of at least 4 members (excludes halogenated alkanes) is 1. The van der Waals surface area contributed by atoms with Crippen LogP contribution in [0.4, 0.5) is 22.7 Å². The van der Waals surface area contributed by atoms with Gasteiger partial charge in [0.25, 0.3) is 0 Å². The molecule has 0 saturated carbocycles. The first-order valence-electron chi connectivity index (χ1n) is 10.2. The minimum atomic E-state index is -3.05. The number of sulfone groups is 1. The highest BCUT2D eigenvalue weighted by atomic mass is 32.2. The Labute approximate surface area is 183 Å². The zero-order chi connectivity index (χ0) is 22.1. The normalized spacial score (nSPS) is 12.1. The van der Waals surface area contributed by atoms with Crippen molar-refractivity contribution < 1.29 is 8.42 Å². The summed E-state index contributed by atoms with van der Waals surface area (Å²) in [6.07, 6.45) is 4.69. The van der Waals surface area contributed by atoms with Gasteiger partial charge in [0.15, 0.2) is 9.84 Å². The predicted octanol–water partition coefficient (Wildman–Crippen LogP) is 7.40. The standard InChI is InChI=1S/C24H26N4O2S/c1-3-4-5-19-6-10-21(11-7-19)25-27-23-14-16-24(17-15-23)28-26-22-12-8-20(9-13-22)18-31(2,29)30/h6-17H,3-5,18H2,1-2H3. The summed E-state index contributed by atoms with van der Waals surface area (Å²) in [6, 6.07) is 22.5. The second-order valence-electron chi connectivity index (χ2n) is 7.42. The smallest absolute Gasteiger partial charge is 0.151 e. The van der Waals surface area contributed by atoms with E-state index in [9.17, 15) is 8.42 Å². The SMILES string of the molecule is CCCCc1ccc(N=Nc2ccc(N=Nc3ccc(CS(C)(=O)=O)cc3)cc2)cc1. The molecule has 7 heteroatoms. The Morgan fingerprint density at radius 1 is 0.613 bits per heavy atom. The molecule has 6 nitrogen and oxygen atoms in total. The highest BCUT2D eigenvalue weighted by Crippen LogP contribution is 2.24. The molecule has 0 radical (unpaired) electrons. The first-order valence-corrected chi connectivity index (χ1v) is 12.3. The monoisotopic (exact) mass is 434 g/mol. The number of hydrogen-bond donors (Lipinski definition) is 0. The van der Waals surface area contributed by atoms with Gasteiger partial charge in [0.2, 0.25) is 0 Å². The molecule has 0 heterocycles. The number of benzene rings is 3. The van der Waals surface area contributed by atoms with Crippen LogP contribution in [0.1, 0.15) is 30.9 Å². The van der Waals surface area contributed by atoms with Gasteiger partial charge in [-0.2, -0.15) is 20.5 Å². The fourth-order valence-electron chi connectivity index (χ4n) is 2.89. The molecule has 0 aliphatic rings. The lowest BCUT2D eigenvalue weighted by molar-refractivity contribution is 0.601. The van der Waals surface area contributed by atoms with Crippen LogP contribution in [0.2, 0.25) is 0 Å². The van der Waals surface area contributed by atoms with Crippen LogP contribution >= 0.6 is 0 Å². The molecule has 0 bridgehead atoms. The van der Waals surface area contributed by atoms with E-state index < -0.39 is 9.84 Å². The van der Waals surface area contributed by atoms with Crippen molar-refractivity contribution in [1.29, 1.82) is 0 Å². The number of aryl methyl sites for hydroxylation is 1. The largest absolute Gasteiger partial charge is 0.229 e. The first kappa shape index (κ1) is 22.5. The van der Waals surface area contributed by atoms with Crippen molar-refractivity contribution >= 4 is 32.6 Å². The van der Waals surface area contributed by atoms with Gasteiger partial charge in [-0.1, -0.05) is 37.6 Å². The van der Waals surface area contributed by atoms with E-state index in [0.29, 0.717) is 11.4 Å². The van der Waals surface area contributed by atoms with Gasteiger partial charge in [-0.25, -0.2) is 8.42 Å². The molecule has 3 rings (SSSR count). The molecule has 0 N–H and O–H groups in total. The van der Waals surface area contributed by atoms with E-state index in [2.05, 4.69) is 39.5 Å². The quantitative estimate of drug-likeness (QED) is 0.329. The summed E-state index contributed by atoms with van der Waals surface area (Å²) in [6.45, 7) is 2.19. The van der Waals surface area contributed by atoms with E-state index in [1.807, 2.05) is 36.4 Å². The number of nitrogens with zero attached hydrogens (tertiary/aromatic N) is 4. The van der Waals surface area contributed by atoms with Crippen molar-refractivity contribution in [2.24, 2.45) is 20.5 Å². The summed E-state index contributed by atoms with van der Waals surface area (Å²) in [7, 11) is -3.05. The predicted molar refractivity (Wildman–Crippen MR) is 125 cm³/mol. The molecule has 0 amide bonds. The van der Waals surface area contributed by atoms with Gasteiger partial charge in [0.05, 0.1) is 28.5 Å². The Hall–Kier alpha value is -3.19. The number of hydrogen-bond acceptors (Lipinski definition) is 6. The Kier molecular flexibility index (Phi) is 7.78. The van der Waals surface area contributed by atoms with Crippen LogP contribution in [0.25, 0.3) is 0 Å². The molecule has 160 valence electrons. The van der Waals surface area contributed by atoms with Crippen LogP contribution in [-0.4, -0.2) is 14.7 Å². The maximum atomic E-state index is 11.3. The molecule has 0 spiro atoms. The van der Waals surface area contributed by atoms with Crippen molar-refractivity contribution in [1.82, 2.24) is 0 Å². The average molecular weight is 435 g/mol. The van der Waals surface area contributed by atoms with Crippen molar-refractivity contribution in [3.05, 3.63) is 83.9 Å². The fraction of sp³-hybridized carbons (Fsp3) is 0.250. The van der Waals surface area contributed by atoms with Gasteiger partial charge in [0, 0.05) is 6.26 Å². The first-order chi connectivity index (χ1) is 14.9. The molecule has 3 aromatic carbocycles. The van der Waals surface area contributed by atoms with Crippen molar-refractivity contribution in [2.45, 2.75) is 31.9 Å². The molecule has 31 heavy (non-hydrogen) atoms. The maximum absolute atomic E-state index is 11.3.